The Kier molecular flexibility index (Phi) is 3.50. The molecule has 6 nitrogen and oxygen atoms in total. The van der Waals surface area contributed by atoms with Crippen LogP contribution in [0.15, 0.2) is 29.5 Å². The molecule has 19 heavy (non-hydrogen) atoms. The molecular formula is C13H16N4O2. The average molecular weight is 260 g/mol. The summed E-state index contributed by atoms with van der Waals surface area (Å²) in [5.41, 5.74) is 0.327. The number of aryl methyl sites for hydroxylation is 1. The van der Waals surface area contributed by atoms with Gasteiger partial charge in [0.1, 0.15) is 11.4 Å². The zero-order chi connectivity index (χ0) is 14.0. The molecule has 100 valence electrons. The Balaban J connectivity index is 2.29. The van der Waals surface area contributed by atoms with Crippen molar-refractivity contribution >= 4 is 11.7 Å². The van der Waals surface area contributed by atoms with Gasteiger partial charge in [-0.15, -0.1) is 0 Å². The number of aromatic nitrogens is 3. The number of H-pyrrole nitrogens is 1. The Morgan fingerprint density at radius 3 is 2.84 bits per heavy atom. The summed E-state index contributed by atoms with van der Waals surface area (Å²) in [5, 5.41) is 6.82. The number of amides is 1. The molecule has 1 amide bonds. The van der Waals surface area contributed by atoms with Crippen LogP contribution in [-0.4, -0.2) is 20.7 Å². The predicted octanol–water partition coefficient (Wildman–Crippen LogP) is 1.71. The molecule has 0 fully saturated rings. The minimum absolute atomic E-state index is 0.0940. The van der Waals surface area contributed by atoms with Gasteiger partial charge in [-0.3, -0.25) is 9.59 Å². The Morgan fingerprint density at radius 2 is 2.16 bits per heavy atom. The largest absolute Gasteiger partial charge is 0.366 e. The van der Waals surface area contributed by atoms with E-state index in [1.165, 1.54) is 6.20 Å². The molecule has 2 N–H and O–H groups in total. The summed E-state index contributed by atoms with van der Waals surface area (Å²) >= 11 is 0. The summed E-state index contributed by atoms with van der Waals surface area (Å²) in [4.78, 5) is 26.7. The summed E-state index contributed by atoms with van der Waals surface area (Å²) in [6, 6.07) is 1.82. The molecule has 0 saturated carbocycles. The summed E-state index contributed by atoms with van der Waals surface area (Å²) in [6.07, 6.45) is 4.58. The summed E-state index contributed by atoms with van der Waals surface area (Å²) in [7, 11) is 0. The van der Waals surface area contributed by atoms with Gasteiger partial charge < -0.3 is 10.3 Å². The Labute approximate surface area is 110 Å². The molecule has 0 atom stereocenters. The SMILES string of the molecule is Cc1c[nH]cc(C(=O)Nc2ccnn2C(C)C)c1=O. The van der Waals surface area contributed by atoms with Crippen molar-refractivity contribution in [2.75, 3.05) is 5.32 Å². The number of nitrogens with one attached hydrogen (secondary N) is 2. The predicted molar refractivity (Wildman–Crippen MR) is 72.4 cm³/mol. The molecule has 0 spiro atoms. The highest BCUT2D eigenvalue weighted by Crippen LogP contribution is 2.13. The zero-order valence-electron chi connectivity index (χ0n) is 11.1. The molecule has 0 aliphatic carbocycles. The van der Waals surface area contributed by atoms with E-state index in [0.717, 1.165) is 0 Å². The van der Waals surface area contributed by atoms with E-state index in [1.807, 2.05) is 13.8 Å². The van der Waals surface area contributed by atoms with Crippen LogP contribution in [0, 0.1) is 6.92 Å². The number of carbonyl (C=O) groups excluding carboxylic acids is 1. The van der Waals surface area contributed by atoms with Crippen molar-refractivity contribution < 1.29 is 4.79 Å². The molecule has 0 aromatic carbocycles. The summed E-state index contributed by atoms with van der Waals surface area (Å²) in [6.45, 7) is 5.58. The molecule has 0 radical (unpaired) electrons. The number of aromatic amines is 1. The van der Waals surface area contributed by atoms with E-state index >= 15 is 0 Å². The normalized spacial score (nSPS) is 10.7. The van der Waals surface area contributed by atoms with E-state index in [4.69, 9.17) is 0 Å². The topological polar surface area (TPSA) is 79.8 Å². The van der Waals surface area contributed by atoms with Gasteiger partial charge in [0.05, 0.1) is 6.20 Å². The number of hydrogen-bond acceptors (Lipinski definition) is 3. The van der Waals surface area contributed by atoms with Crippen LogP contribution in [-0.2, 0) is 0 Å². The van der Waals surface area contributed by atoms with Crippen molar-refractivity contribution in [3.05, 3.63) is 46.0 Å². The molecule has 2 aromatic rings. The highest BCUT2D eigenvalue weighted by atomic mass is 16.2. The first-order valence-corrected chi connectivity index (χ1v) is 6.03. The number of anilines is 1. The summed E-state index contributed by atoms with van der Waals surface area (Å²) in [5.74, 6) is 0.133. The lowest BCUT2D eigenvalue weighted by atomic mass is 10.2. The van der Waals surface area contributed by atoms with E-state index in [2.05, 4.69) is 15.4 Å². The van der Waals surface area contributed by atoms with E-state index < -0.39 is 5.91 Å². The van der Waals surface area contributed by atoms with Gasteiger partial charge in [-0.05, 0) is 20.8 Å². The standard InChI is InChI=1S/C13H16N4O2/c1-8(2)17-11(4-5-15-17)16-13(19)10-7-14-6-9(3)12(10)18/h4-8H,1-3H3,(H,14,18)(H,16,19). The number of carbonyl (C=O) groups is 1. The zero-order valence-corrected chi connectivity index (χ0v) is 11.1. The minimum atomic E-state index is -0.438. The number of hydrogen-bond donors (Lipinski definition) is 2. The van der Waals surface area contributed by atoms with Crippen molar-refractivity contribution in [3.8, 4) is 0 Å². The van der Waals surface area contributed by atoms with E-state index in [0.29, 0.717) is 11.4 Å². The van der Waals surface area contributed by atoms with E-state index in [-0.39, 0.29) is 17.0 Å². The van der Waals surface area contributed by atoms with Gasteiger partial charge in [0.15, 0.2) is 5.43 Å². The first-order chi connectivity index (χ1) is 9.00. The number of nitrogens with zero attached hydrogens (tertiary/aromatic N) is 2. The van der Waals surface area contributed by atoms with Crippen LogP contribution in [0.25, 0.3) is 0 Å². The Hall–Kier alpha value is -2.37. The molecule has 0 saturated heterocycles. The quantitative estimate of drug-likeness (QED) is 0.881. The average Bonchev–Trinajstić information content (AvgIpc) is 2.80. The lowest BCUT2D eigenvalue weighted by Gasteiger charge is -2.11. The maximum atomic E-state index is 12.1. The second-order valence-electron chi connectivity index (χ2n) is 4.59. The molecule has 0 bridgehead atoms. The fraction of sp³-hybridized carbons (Fsp3) is 0.308. The van der Waals surface area contributed by atoms with Crippen LogP contribution >= 0.6 is 0 Å². The van der Waals surface area contributed by atoms with Crippen molar-refractivity contribution in [2.24, 2.45) is 0 Å². The number of pyridine rings is 1. The Bertz CT molecular complexity index is 655. The molecule has 0 unspecified atom stereocenters. The van der Waals surface area contributed by atoms with Gasteiger partial charge in [-0.2, -0.15) is 5.10 Å². The van der Waals surface area contributed by atoms with Gasteiger partial charge in [0.25, 0.3) is 5.91 Å². The van der Waals surface area contributed by atoms with Crippen LogP contribution in [0.5, 0.6) is 0 Å². The fourth-order valence-corrected chi connectivity index (χ4v) is 1.77. The molecule has 6 heteroatoms. The first-order valence-electron chi connectivity index (χ1n) is 6.03. The van der Waals surface area contributed by atoms with Crippen LogP contribution in [0.1, 0.15) is 35.8 Å². The second kappa shape index (κ2) is 5.09. The summed E-state index contributed by atoms with van der Waals surface area (Å²) < 4.78 is 1.68. The molecule has 2 aromatic heterocycles. The van der Waals surface area contributed by atoms with Gasteiger partial charge in [0.2, 0.25) is 0 Å². The monoisotopic (exact) mass is 260 g/mol. The van der Waals surface area contributed by atoms with Crippen molar-refractivity contribution in [3.63, 3.8) is 0 Å². The third-order valence-electron chi connectivity index (χ3n) is 2.78. The minimum Gasteiger partial charge on any atom is -0.366 e. The van der Waals surface area contributed by atoms with Crippen LogP contribution in [0.3, 0.4) is 0 Å². The maximum absolute atomic E-state index is 12.1. The molecular weight excluding hydrogens is 244 g/mol. The highest BCUT2D eigenvalue weighted by Gasteiger charge is 2.14. The molecule has 2 rings (SSSR count). The molecule has 2 heterocycles. The third kappa shape index (κ3) is 2.57. The second-order valence-corrected chi connectivity index (χ2v) is 4.59. The van der Waals surface area contributed by atoms with Crippen molar-refractivity contribution in [1.82, 2.24) is 14.8 Å². The maximum Gasteiger partial charge on any atom is 0.262 e. The van der Waals surface area contributed by atoms with Gasteiger partial charge in [0, 0.05) is 30.1 Å². The molecule has 0 aliphatic heterocycles. The Morgan fingerprint density at radius 1 is 1.42 bits per heavy atom. The van der Waals surface area contributed by atoms with Crippen LogP contribution < -0.4 is 10.7 Å². The smallest absolute Gasteiger partial charge is 0.262 e. The lowest BCUT2D eigenvalue weighted by Crippen LogP contribution is -2.24. The van der Waals surface area contributed by atoms with E-state index in [9.17, 15) is 9.59 Å². The lowest BCUT2D eigenvalue weighted by molar-refractivity contribution is 0.102. The fourth-order valence-electron chi connectivity index (χ4n) is 1.77. The highest BCUT2D eigenvalue weighted by molar-refractivity contribution is 6.03. The van der Waals surface area contributed by atoms with Gasteiger partial charge >= 0.3 is 0 Å². The van der Waals surface area contributed by atoms with E-state index in [1.54, 1.807) is 30.1 Å². The molecule has 0 aliphatic rings. The third-order valence-corrected chi connectivity index (χ3v) is 2.78. The van der Waals surface area contributed by atoms with Crippen molar-refractivity contribution in [2.45, 2.75) is 26.8 Å². The van der Waals surface area contributed by atoms with Crippen LogP contribution in [0.2, 0.25) is 0 Å². The number of rotatable bonds is 3. The van der Waals surface area contributed by atoms with Gasteiger partial charge in [-0.1, -0.05) is 0 Å². The van der Waals surface area contributed by atoms with Gasteiger partial charge in [-0.25, -0.2) is 4.68 Å². The van der Waals surface area contributed by atoms with Crippen molar-refractivity contribution in [1.29, 1.82) is 0 Å². The van der Waals surface area contributed by atoms with Crippen LogP contribution in [0.4, 0.5) is 5.82 Å². The first kappa shape index (κ1) is 13.1.